The second-order valence-corrected chi connectivity index (χ2v) is 7.46. The summed E-state index contributed by atoms with van der Waals surface area (Å²) in [6.45, 7) is 3.17. The highest BCUT2D eigenvalue weighted by molar-refractivity contribution is 5.99. The first-order chi connectivity index (χ1) is 14.6. The van der Waals surface area contributed by atoms with Crippen molar-refractivity contribution in [3.05, 3.63) is 108 Å². The average molecular weight is 396 g/mol. The molecule has 30 heavy (non-hydrogen) atoms. The van der Waals surface area contributed by atoms with Crippen molar-refractivity contribution in [1.29, 1.82) is 0 Å². The van der Waals surface area contributed by atoms with Gasteiger partial charge in [-0.05, 0) is 30.2 Å². The molecule has 2 aromatic heterocycles. The number of rotatable bonds is 6. The number of nitrogens with zero attached hydrogens (tertiary/aromatic N) is 4. The lowest BCUT2D eigenvalue weighted by atomic mass is 10.1. The topological polar surface area (TPSA) is 51.0 Å². The molecule has 0 fully saturated rings. The first-order valence-electron chi connectivity index (χ1n) is 9.93. The lowest BCUT2D eigenvalue weighted by molar-refractivity contribution is 0.0785. The Balaban J connectivity index is 1.67. The first-order valence-corrected chi connectivity index (χ1v) is 9.93. The molecule has 4 aromatic rings. The van der Waals surface area contributed by atoms with Gasteiger partial charge in [-0.15, -0.1) is 0 Å². The number of pyridine rings is 1. The molecular weight excluding hydrogens is 372 g/mol. The molecule has 2 heterocycles. The van der Waals surface area contributed by atoms with Gasteiger partial charge in [0.2, 0.25) is 0 Å². The molecule has 0 aliphatic heterocycles. The summed E-state index contributed by atoms with van der Waals surface area (Å²) in [5, 5.41) is 4.78. The molecule has 0 atom stereocenters. The van der Waals surface area contributed by atoms with E-state index in [0.29, 0.717) is 24.3 Å². The zero-order valence-electron chi connectivity index (χ0n) is 17.2. The van der Waals surface area contributed by atoms with E-state index in [0.717, 1.165) is 16.7 Å². The number of aryl methyl sites for hydroxylation is 1. The zero-order chi connectivity index (χ0) is 20.9. The Labute approximate surface area is 176 Å². The van der Waals surface area contributed by atoms with Gasteiger partial charge >= 0.3 is 0 Å². The standard InChI is InChI=1S/C25H24N4O/c1-19-8-10-22(11-9-19)24-23(18-29(27-24)17-20-6-4-3-5-7-20)25(30)28(2)16-21-12-14-26-15-13-21/h3-15,18H,16-17H2,1-2H3. The molecule has 5 nitrogen and oxygen atoms in total. The number of hydrogen-bond donors (Lipinski definition) is 0. The minimum atomic E-state index is -0.0540. The third kappa shape index (κ3) is 4.46. The molecule has 0 aliphatic rings. The van der Waals surface area contributed by atoms with E-state index in [2.05, 4.69) is 17.1 Å². The van der Waals surface area contributed by atoms with Crippen molar-refractivity contribution in [3.8, 4) is 11.3 Å². The van der Waals surface area contributed by atoms with Crippen LogP contribution in [0.4, 0.5) is 0 Å². The molecule has 1 amide bonds. The monoisotopic (exact) mass is 396 g/mol. The van der Waals surface area contributed by atoms with Gasteiger partial charge in [-0.2, -0.15) is 5.10 Å². The number of hydrogen-bond acceptors (Lipinski definition) is 3. The van der Waals surface area contributed by atoms with Gasteiger partial charge in [0.05, 0.1) is 12.1 Å². The smallest absolute Gasteiger partial charge is 0.257 e. The van der Waals surface area contributed by atoms with Crippen molar-refractivity contribution in [2.75, 3.05) is 7.05 Å². The highest BCUT2D eigenvalue weighted by atomic mass is 16.2. The second kappa shape index (κ2) is 8.74. The fraction of sp³-hybridized carbons (Fsp3) is 0.160. The maximum absolute atomic E-state index is 13.3. The molecule has 2 aromatic carbocycles. The van der Waals surface area contributed by atoms with Crippen LogP contribution in [0.1, 0.15) is 27.0 Å². The van der Waals surface area contributed by atoms with Crippen molar-refractivity contribution in [2.24, 2.45) is 0 Å². The summed E-state index contributed by atoms with van der Waals surface area (Å²) in [6, 6.07) is 22.1. The molecule has 0 spiro atoms. The molecule has 0 radical (unpaired) electrons. The van der Waals surface area contributed by atoms with Crippen molar-refractivity contribution >= 4 is 5.91 Å². The Morgan fingerprint density at radius 1 is 0.933 bits per heavy atom. The van der Waals surface area contributed by atoms with Gasteiger partial charge in [0.15, 0.2) is 0 Å². The molecule has 0 bridgehead atoms. The third-order valence-corrected chi connectivity index (χ3v) is 5.02. The van der Waals surface area contributed by atoms with E-state index >= 15 is 0 Å². The number of carbonyl (C=O) groups is 1. The number of aromatic nitrogens is 3. The predicted molar refractivity (Wildman–Crippen MR) is 118 cm³/mol. The Bertz CT molecular complexity index is 1120. The van der Waals surface area contributed by atoms with Crippen LogP contribution in [-0.4, -0.2) is 32.6 Å². The zero-order valence-corrected chi connectivity index (χ0v) is 17.2. The molecule has 0 unspecified atom stereocenters. The second-order valence-electron chi connectivity index (χ2n) is 7.46. The maximum Gasteiger partial charge on any atom is 0.257 e. The summed E-state index contributed by atoms with van der Waals surface area (Å²) in [4.78, 5) is 19.1. The highest BCUT2D eigenvalue weighted by Crippen LogP contribution is 2.24. The van der Waals surface area contributed by atoms with Gasteiger partial charge in [0, 0.05) is 37.7 Å². The van der Waals surface area contributed by atoms with E-state index in [1.807, 2.05) is 79.4 Å². The average Bonchev–Trinajstić information content (AvgIpc) is 3.18. The third-order valence-electron chi connectivity index (χ3n) is 5.02. The number of carbonyl (C=O) groups excluding carboxylic acids is 1. The van der Waals surface area contributed by atoms with Crippen LogP contribution in [0.15, 0.2) is 85.3 Å². The Morgan fingerprint density at radius 3 is 2.33 bits per heavy atom. The van der Waals surface area contributed by atoms with E-state index in [-0.39, 0.29) is 5.91 Å². The van der Waals surface area contributed by atoms with Gasteiger partial charge in [-0.1, -0.05) is 60.2 Å². The van der Waals surface area contributed by atoms with Crippen LogP contribution in [0.2, 0.25) is 0 Å². The summed E-state index contributed by atoms with van der Waals surface area (Å²) in [5.41, 5.74) is 5.59. The maximum atomic E-state index is 13.3. The van der Waals surface area contributed by atoms with E-state index in [1.54, 1.807) is 17.3 Å². The van der Waals surface area contributed by atoms with E-state index in [1.165, 1.54) is 5.56 Å². The normalized spacial score (nSPS) is 10.7. The molecule has 150 valence electrons. The predicted octanol–water partition coefficient (Wildman–Crippen LogP) is 4.57. The van der Waals surface area contributed by atoms with Gasteiger partial charge in [0.25, 0.3) is 5.91 Å². The van der Waals surface area contributed by atoms with Crippen molar-refractivity contribution < 1.29 is 4.79 Å². The minimum absolute atomic E-state index is 0.0540. The molecule has 0 aliphatic carbocycles. The summed E-state index contributed by atoms with van der Waals surface area (Å²) in [7, 11) is 1.82. The molecule has 5 heteroatoms. The molecule has 0 saturated heterocycles. The lowest BCUT2D eigenvalue weighted by Gasteiger charge is -2.17. The van der Waals surface area contributed by atoms with Crippen molar-refractivity contribution in [3.63, 3.8) is 0 Å². The van der Waals surface area contributed by atoms with Crippen LogP contribution in [0.3, 0.4) is 0 Å². The van der Waals surface area contributed by atoms with Gasteiger partial charge in [-0.25, -0.2) is 0 Å². The highest BCUT2D eigenvalue weighted by Gasteiger charge is 2.21. The summed E-state index contributed by atoms with van der Waals surface area (Å²) in [6.07, 6.45) is 5.33. The first kappa shape index (κ1) is 19.6. The molecule has 4 rings (SSSR count). The van der Waals surface area contributed by atoms with Crippen LogP contribution < -0.4 is 0 Å². The SMILES string of the molecule is Cc1ccc(-c2nn(Cc3ccccc3)cc2C(=O)N(C)Cc2ccncc2)cc1. The summed E-state index contributed by atoms with van der Waals surface area (Å²) >= 11 is 0. The van der Waals surface area contributed by atoms with Gasteiger partial charge < -0.3 is 4.90 Å². The molecule has 0 saturated carbocycles. The quantitative estimate of drug-likeness (QED) is 0.480. The van der Waals surface area contributed by atoms with Crippen LogP contribution in [0.5, 0.6) is 0 Å². The number of benzene rings is 2. The fourth-order valence-corrected chi connectivity index (χ4v) is 3.39. The summed E-state index contributed by atoms with van der Waals surface area (Å²) < 4.78 is 1.85. The summed E-state index contributed by atoms with van der Waals surface area (Å²) in [5.74, 6) is -0.0540. The fourth-order valence-electron chi connectivity index (χ4n) is 3.39. The minimum Gasteiger partial charge on any atom is -0.337 e. The van der Waals surface area contributed by atoms with E-state index < -0.39 is 0 Å². The lowest BCUT2D eigenvalue weighted by Crippen LogP contribution is -2.26. The number of amides is 1. The van der Waals surface area contributed by atoms with Crippen LogP contribution in [-0.2, 0) is 13.1 Å². The largest absolute Gasteiger partial charge is 0.337 e. The Kier molecular flexibility index (Phi) is 5.70. The van der Waals surface area contributed by atoms with Crippen molar-refractivity contribution in [2.45, 2.75) is 20.0 Å². The van der Waals surface area contributed by atoms with Crippen LogP contribution in [0, 0.1) is 6.92 Å². The molecular formula is C25H24N4O. The van der Waals surface area contributed by atoms with Gasteiger partial charge in [-0.3, -0.25) is 14.5 Å². The van der Waals surface area contributed by atoms with Gasteiger partial charge in [0.1, 0.15) is 5.69 Å². The van der Waals surface area contributed by atoms with E-state index in [9.17, 15) is 4.79 Å². The van der Waals surface area contributed by atoms with Crippen LogP contribution in [0.25, 0.3) is 11.3 Å². The Morgan fingerprint density at radius 2 is 1.63 bits per heavy atom. The molecule has 0 N–H and O–H groups in total. The Hall–Kier alpha value is -3.73. The van der Waals surface area contributed by atoms with Crippen molar-refractivity contribution in [1.82, 2.24) is 19.7 Å². The van der Waals surface area contributed by atoms with E-state index in [4.69, 9.17) is 5.10 Å². The van der Waals surface area contributed by atoms with Crippen LogP contribution >= 0.6 is 0 Å².